The summed E-state index contributed by atoms with van der Waals surface area (Å²) >= 11 is 0. The predicted octanol–water partition coefficient (Wildman–Crippen LogP) is 2.28. The van der Waals surface area contributed by atoms with Crippen LogP contribution in [0.4, 0.5) is 0 Å². The van der Waals surface area contributed by atoms with Crippen molar-refractivity contribution in [3.8, 4) is 0 Å². The van der Waals surface area contributed by atoms with Crippen molar-refractivity contribution >= 4 is 0 Å². The van der Waals surface area contributed by atoms with Crippen molar-refractivity contribution in [1.29, 1.82) is 0 Å². The third-order valence-electron chi connectivity index (χ3n) is 1.26. The maximum Gasteiger partial charge on any atom is 0.0202 e. The van der Waals surface area contributed by atoms with E-state index in [2.05, 4.69) is 17.5 Å². The number of allylic oxidation sites excluding steroid dienone is 4. The normalized spacial score (nSPS) is 13.5. The highest BCUT2D eigenvalue weighted by molar-refractivity contribution is 5.24. The molecule has 0 aromatic carbocycles. The Balaban J connectivity index is 4.07. The van der Waals surface area contributed by atoms with Gasteiger partial charge in [-0.15, -0.1) is 0 Å². The van der Waals surface area contributed by atoms with Gasteiger partial charge < -0.3 is 5.32 Å². The highest BCUT2D eigenvalue weighted by Crippen LogP contribution is 1.95. The largest absolute Gasteiger partial charge is 0.316 e. The third-order valence-corrected chi connectivity index (χ3v) is 1.26. The summed E-state index contributed by atoms with van der Waals surface area (Å²) in [5.41, 5.74) is 1.30. The van der Waals surface area contributed by atoms with Gasteiger partial charge in [-0.3, -0.25) is 0 Å². The fraction of sp³-hybridized carbons (Fsp3) is 0.400. The van der Waals surface area contributed by atoms with Crippen LogP contribution in [0, 0.1) is 0 Å². The van der Waals surface area contributed by atoms with Gasteiger partial charge in [-0.2, -0.15) is 0 Å². The Morgan fingerprint density at radius 1 is 1.27 bits per heavy atom. The average molecular weight is 151 g/mol. The second kappa shape index (κ2) is 7.29. The first kappa shape index (κ1) is 10.2. The van der Waals surface area contributed by atoms with E-state index < -0.39 is 0 Å². The van der Waals surface area contributed by atoms with Crippen molar-refractivity contribution < 1.29 is 0 Å². The molecule has 11 heavy (non-hydrogen) atoms. The molecule has 0 aliphatic heterocycles. The molecule has 0 aliphatic rings. The van der Waals surface area contributed by atoms with Gasteiger partial charge in [0, 0.05) is 6.54 Å². The summed E-state index contributed by atoms with van der Waals surface area (Å²) in [6, 6.07) is 0. The van der Waals surface area contributed by atoms with Crippen molar-refractivity contribution in [3.05, 3.63) is 36.0 Å². The van der Waals surface area contributed by atoms with Crippen LogP contribution in [0.1, 0.15) is 13.8 Å². The highest BCUT2D eigenvalue weighted by Gasteiger charge is 1.85. The topological polar surface area (TPSA) is 12.0 Å². The maximum atomic E-state index is 3.11. The van der Waals surface area contributed by atoms with Gasteiger partial charge >= 0.3 is 0 Å². The Morgan fingerprint density at radius 2 is 2.00 bits per heavy atom. The molecule has 0 amide bonds. The summed E-state index contributed by atoms with van der Waals surface area (Å²) in [6.45, 7) is 4.97. The van der Waals surface area contributed by atoms with Gasteiger partial charge in [-0.1, -0.05) is 30.4 Å². The van der Waals surface area contributed by atoms with Gasteiger partial charge in [0.05, 0.1) is 0 Å². The van der Waals surface area contributed by atoms with E-state index in [4.69, 9.17) is 0 Å². The van der Waals surface area contributed by atoms with Gasteiger partial charge in [0.2, 0.25) is 0 Å². The van der Waals surface area contributed by atoms with Gasteiger partial charge in [0.1, 0.15) is 0 Å². The number of nitrogens with one attached hydrogen (secondary N) is 1. The molecule has 0 bridgehead atoms. The fourth-order valence-electron chi connectivity index (χ4n) is 0.811. The summed E-state index contributed by atoms with van der Waals surface area (Å²) in [4.78, 5) is 0. The van der Waals surface area contributed by atoms with Crippen LogP contribution >= 0.6 is 0 Å². The third kappa shape index (κ3) is 5.62. The highest BCUT2D eigenvalue weighted by atomic mass is 14.8. The lowest BCUT2D eigenvalue weighted by molar-refractivity contribution is 0.895. The van der Waals surface area contributed by atoms with Crippen LogP contribution in [0.3, 0.4) is 0 Å². The lowest BCUT2D eigenvalue weighted by Crippen LogP contribution is -2.08. The number of hydrogen-bond acceptors (Lipinski definition) is 1. The summed E-state index contributed by atoms with van der Waals surface area (Å²) < 4.78 is 0. The van der Waals surface area contributed by atoms with E-state index in [9.17, 15) is 0 Å². The van der Waals surface area contributed by atoms with E-state index in [0.717, 1.165) is 6.54 Å². The first-order valence-corrected chi connectivity index (χ1v) is 3.94. The summed E-state index contributed by atoms with van der Waals surface area (Å²) in [5.74, 6) is 0. The van der Waals surface area contributed by atoms with Crippen molar-refractivity contribution in [1.82, 2.24) is 5.32 Å². The summed E-state index contributed by atoms with van der Waals surface area (Å²) in [6.07, 6.45) is 10.3. The minimum Gasteiger partial charge on any atom is -0.316 e. The van der Waals surface area contributed by atoms with Crippen LogP contribution in [0.5, 0.6) is 0 Å². The number of hydrogen-bond donors (Lipinski definition) is 1. The van der Waals surface area contributed by atoms with Crippen LogP contribution in [0.15, 0.2) is 36.0 Å². The predicted molar refractivity (Wildman–Crippen MR) is 51.6 cm³/mol. The van der Waals surface area contributed by atoms with Crippen molar-refractivity contribution in [2.45, 2.75) is 13.8 Å². The molecule has 1 nitrogen and oxygen atoms in total. The van der Waals surface area contributed by atoms with E-state index in [1.165, 1.54) is 5.57 Å². The van der Waals surface area contributed by atoms with E-state index in [1.807, 2.05) is 39.1 Å². The van der Waals surface area contributed by atoms with Crippen LogP contribution in [0.25, 0.3) is 0 Å². The minimum atomic E-state index is 0.925. The van der Waals surface area contributed by atoms with Crippen LogP contribution in [0.2, 0.25) is 0 Å². The molecule has 62 valence electrons. The molecule has 0 spiro atoms. The molecule has 0 aromatic rings. The zero-order valence-corrected chi connectivity index (χ0v) is 7.59. The standard InChI is InChI=1S/C10H17N/c1-4-6-8-10(7-5-2)9-11-3/h4-8,11H,9H2,1-3H3/b6-4-,7-5-,10-8+. The second-order valence-corrected chi connectivity index (χ2v) is 2.30. The Labute approximate surface area is 69.5 Å². The quantitative estimate of drug-likeness (QED) is 0.608. The molecule has 1 heteroatoms. The number of rotatable bonds is 4. The molecule has 0 atom stereocenters. The molecule has 0 radical (unpaired) electrons. The smallest absolute Gasteiger partial charge is 0.0202 e. The van der Waals surface area contributed by atoms with Gasteiger partial charge in [-0.05, 0) is 26.5 Å². The summed E-state index contributed by atoms with van der Waals surface area (Å²) in [7, 11) is 1.95. The lowest BCUT2D eigenvalue weighted by atomic mass is 10.2. The minimum absolute atomic E-state index is 0.925. The molecule has 0 aliphatic carbocycles. The van der Waals surface area contributed by atoms with E-state index in [1.54, 1.807) is 0 Å². The van der Waals surface area contributed by atoms with E-state index in [-0.39, 0.29) is 0 Å². The number of likely N-dealkylation sites (N-methyl/N-ethyl adjacent to an activating group) is 1. The Kier molecular flexibility index (Phi) is 6.75. The molecule has 0 saturated carbocycles. The fourth-order valence-corrected chi connectivity index (χ4v) is 0.811. The van der Waals surface area contributed by atoms with Crippen molar-refractivity contribution in [2.75, 3.05) is 13.6 Å². The summed E-state index contributed by atoms with van der Waals surface area (Å²) in [5, 5.41) is 3.11. The zero-order valence-electron chi connectivity index (χ0n) is 7.59. The molecule has 0 heterocycles. The van der Waals surface area contributed by atoms with Crippen LogP contribution in [-0.4, -0.2) is 13.6 Å². The zero-order chi connectivity index (χ0) is 8.53. The van der Waals surface area contributed by atoms with E-state index >= 15 is 0 Å². The van der Waals surface area contributed by atoms with Gasteiger partial charge in [-0.25, -0.2) is 0 Å². The maximum absolute atomic E-state index is 3.11. The molecule has 1 N–H and O–H groups in total. The van der Waals surface area contributed by atoms with Crippen LogP contribution < -0.4 is 5.32 Å². The van der Waals surface area contributed by atoms with Gasteiger partial charge in [0.25, 0.3) is 0 Å². The lowest BCUT2D eigenvalue weighted by Gasteiger charge is -1.97. The molecular weight excluding hydrogens is 134 g/mol. The van der Waals surface area contributed by atoms with Gasteiger partial charge in [0.15, 0.2) is 0 Å². The average Bonchev–Trinajstić information content (AvgIpc) is 2.01. The SMILES string of the molecule is C\C=C/C=C(\C=C/C)CNC. The molecule has 0 saturated heterocycles. The van der Waals surface area contributed by atoms with Crippen molar-refractivity contribution in [3.63, 3.8) is 0 Å². The van der Waals surface area contributed by atoms with Crippen LogP contribution in [-0.2, 0) is 0 Å². The Bertz CT molecular complexity index is 164. The Hall–Kier alpha value is -0.820. The van der Waals surface area contributed by atoms with E-state index in [0.29, 0.717) is 0 Å². The first-order valence-electron chi connectivity index (χ1n) is 3.94. The Morgan fingerprint density at radius 3 is 2.45 bits per heavy atom. The monoisotopic (exact) mass is 151 g/mol. The molecule has 0 fully saturated rings. The molecule has 0 rings (SSSR count). The molecular formula is C10H17N. The first-order chi connectivity index (χ1) is 5.35. The van der Waals surface area contributed by atoms with Crippen molar-refractivity contribution in [2.24, 2.45) is 0 Å². The molecule has 0 aromatic heterocycles. The second-order valence-electron chi connectivity index (χ2n) is 2.30. The molecule has 0 unspecified atom stereocenters.